The summed E-state index contributed by atoms with van der Waals surface area (Å²) in [5.74, 6) is 1.96. The highest BCUT2D eigenvalue weighted by Gasteiger charge is 2.12. The highest BCUT2D eigenvalue weighted by atomic mass is 16.5. The summed E-state index contributed by atoms with van der Waals surface area (Å²) in [5.41, 5.74) is 8.73. The number of methoxy groups -OCH3 is 1. The van der Waals surface area contributed by atoms with E-state index in [9.17, 15) is 0 Å². The molecule has 0 aliphatic heterocycles. The quantitative estimate of drug-likeness (QED) is 0.772. The van der Waals surface area contributed by atoms with E-state index >= 15 is 0 Å². The van der Waals surface area contributed by atoms with Gasteiger partial charge >= 0.3 is 0 Å². The highest BCUT2D eigenvalue weighted by molar-refractivity contribution is 5.94. The topological polar surface area (TPSA) is 86.0 Å². The summed E-state index contributed by atoms with van der Waals surface area (Å²) in [6.45, 7) is 1.98. The Morgan fingerprint density at radius 2 is 2.00 bits per heavy atom. The molecule has 0 aliphatic rings. The van der Waals surface area contributed by atoms with E-state index in [-0.39, 0.29) is 0 Å². The maximum absolute atomic E-state index is 6.08. The summed E-state index contributed by atoms with van der Waals surface area (Å²) < 4.78 is 5.32. The van der Waals surface area contributed by atoms with E-state index in [1.807, 2.05) is 26.1 Å². The molecule has 3 aromatic heterocycles. The van der Waals surface area contributed by atoms with Crippen LogP contribution in [-0.2, 0) is 0 Å². The number of hydrogen-bond donors (Lipinski definition) is 2. The van der Waals surface area contributed by atoms with Crippen molar-refractivity contribution in [1.82, 2.24) is 15.0 Å². The fraction of sp³-hybridized carbons (Fsp3) is 0.188. The Bertz CT molecular complexity index is 847. The molecular weight excluding hydrogens is 278 g/mol. The van der Waals surface area contributed by atoms with Crippen molar-refractivity contribution >= 4 is 22.4 Å². The van der Waals surface area contributed by atoms with E-state index in [0.717, 1.165) is 39.2 Å². The second-order valence-electron chi connectivity index (χ2n) is 4.95. The van der Waals surface area contributed by atoms with E-state index in [1.54, 1.807) is 25.7 Å². The molecule has 3 aromatic rings. The third-order valence-corrected chi connectivity index (χ3v) is 3.67. The molecule has 0 radical (unpaired) electrons. The monoisotopic (exact) mass is 295 g/mol. The van der Waals surface area contributed by atoms with Crippen molar-refractivity contribution in [3.05, 3.63) is 36.3 Å². The average molecular weight is 295 g/mol. The van der Waals surface area contributed by atoms with E-state index in [0.29, 0.717) is 5.82 Å². The van der Waals surface area contributed by atoms with E-state index in [4.69, 9.17) is 10.5 Å². The van der Waals surface area contributed by atoms with Gasteiger partial charge in [0.2, 0.25) is 0 Å². The van der Waals surface area contributed by atoms with Gasteiger partial charge in [-0.3, -0.25) is 4.98 Å². The molecule has 6 heteroatoms. The molecule has 0 aromatic carbocycles. The Kier molecular flexibility index (Phi) is 3.50. The van der Waals surface area contributed by atoms with Crippen molar-refractivity contribution in [2.75, 3.05) is 25.2 Å². The van der Waals surface area contributed by atoms with Gasteiger partial charge in [0.05, 0.1) is 19.0 Å². The first-order valence-corrected chi connectivity index (χ1v) is 6.87. The molecule has 0 atom stereocenters. The van der Waals surface area contributed by atoms with Gasteiger partial charge in [0.25, 0.3) is 0 Å². The maximum Gasteiger partial charge on any atom is 0.140 e. The molecular formula is C16H17N5O. The van der Waals surface area contributed by atoms with Crippen LogP contribution in [0.5, 0.6) is 5.75 Å². The number of nitrogens with one attached hydrogen (secondary N) is 1. The average Bonchev–Trinajstić information content (AvgIpc) is 2.54. The summed E-state index contributed by atoms with van der Waals surface area (Å²) in [6.07, 6.45) is 5.18. The predicted molar refractivity (Wildman–Crippen MR) is 88.0 cm³/mol. The second-order valence-corrected chi connectivity index (χ2v) is 4.95. The van der Waals surface area contributed by atoms with E-state index < -0.39 is 0 Å². The van der Waals surface area contributed by atoms with Crippen molar-refractivity contribution in [3.63, 3.8) is 0 Å². The first-order valence-electron chi connectivity index (χ1n) is 6.87. The molecule has 0 bridgehead atoms. The smallest absolute Gasteiger partial charge is 0.140 e. The van der Waals surface area contributed by atoms with Crippen LogP contribution in [-0.4, -0.2) is 29.1 Å². The lowest BCUT2D eigenvalue weighted by Gasteiger charge is -2.11. The van der Waals surface area contributed by atoms with Gasteiger partial charge < -0.3 is 15.8 Å². The molecule has 0 unspecified atom stereocenters. The Morgan fingerprint density at radius 3 is 2.73 bits per heavy atom. The molecule has 3 N–H and O–H groups in total. The molecule has 0 fully saturated rings. The number of nitrogens with zero attached hydrogens (tertiary/aromatic N) is 3. The van der Waals surface area contributed by atoms with E-state index in [2.05, 4.69) is 20.3 Å². The van der Waals surface area contributed by atoms with Crippen molar-refractivity contribution < 1.29 is 4.74 Å². The fourth-order valence-electron chi connectivity index (χ4n) is 2.42. The van der Waals surface area contributed by atoms with E-state index in [1.165, 1.54) is 0 Å². The molecule has 22 heavy (non-hydrogen) atoms. The highest BCUT2D eigenvalue weighted by Crippen LogP contribution is 2.31. The molecule has 3 rings (SSSR count). The van der Waals surface area contributed by atoms with Crippen LogP contribution in [0.3, 0.4) is 0 Å². The van der Waals surface area contributed by atoms with Gasteiger partial charge in [-0.15, -0.1) is 0 Å². The summed E-state index contributed by atoms with van der Waals surface area (Å²) in [5, 5.41) is 4.83. The van der Waals surface area contributed by atoms with Crippen LogP contribution in [0.25, 0.3) is 22.0 Å². The Labute approximate surface area is 128 Å². The van der Waals surface area contributed by atoms with Gasteiger partial charge in [-0.25, -0.2) is 9.97 Å². The lowest BCUT2D eigenvalue weighted by Crippen LogP contribution is -1.99. The van der Waals surface area contributed by atoms with Crippen molar-refractivity contribution in [2.45, 2.75) is 6.92 Å². The van der Waals surface area contributed by atoms with Crippen LogP contribution in [0.15, 0.2) is 30.7 Å². The largest absolute Gasteiger partial charge is 0.495 e. The summed E-state index contributed by atoms with van der Waals surface area (Å²) in [6, 6.07) is 3.93. The van der Waals surface area contributed by atoms with Crippen LogP contribution in [0.2, 0.25) is 0 Å². The summed E-state index contributed by atoms with van der Waals surface area (Å²) >= 11 is 0. The summed E-state index contributed by atoms with van der Waals surface area (Å²) in [4.78, 5) is 13.0. The summed E-state index contributed by atoms with van der Waals surface area (Å²) in [7, 11) is 3.45. The van der Waals surface area contributed by atoms with Gasteiger partial charge in [-0.05, 0) is 24.4 Å². The van der Waals surface area contributed by atoms with Gasteiger partial charge in [0.15, 0.2) is 0 Å². The first kappa shape index (κ1) is 14.1. The molecule has 0 saturated heterocycles. The lowest BCUT2D eigenvalue weighted by molar-refractivity contribution is 0.410. The van der Waals surface area contributed by atoms with Crippen LogP contribution in [0.4, 0.5) is 11.6 Å². The van der Waals surface area contributed by atoms with Crippen LogP contribution in [0, 0.1) is 6.92 Å². The van der Waals surface area contributed by atoms with Crippen LogP contribution >= 0.6 is 0 Å². The minimum Gasteiger partial charge on any atom is -0.495 e. The number of pyridine rings is 3. The molecule has 0 spiro atoms. The first-order chi connectivity index (χ1) is 10.6. The zero-order chi connectivity index (χ0) is 15.7. The van der Waals surface area contributed by atoms with Gasteiger partial charge in [-0.1, -0.05) is 0 Å². The normalized spacial score (nSPS) is 10.7. The minimum atomic E-state index is 0.449. The SMILES string of the molecule is CNc1cc2cc(-c3cncc(OC)c3C)nc(N)c2cn1. The van der Waals surface area contributed by atoms with Crippen LogP contribution < -0.4 is 15.8 Å². The molecule has 0 amide bonds. The van der Waals surface area contributed by atoms with Crippen molar-refractivity contribution in [3.8, 4) is 17.0 Å². The zero-order valence-corrected chi connectivity index (χ0v) is 12.7. The number of rotatable bonds is 3. The maximum atomic E-state index is 6.08. The third-order valence-electron chi connectivity index (χ3n) is 3.67. The lowest BCUT2D eigenvalue weighted by atomic mass is 10.0. The molecule has 6 nitrogen and oxygen atoms in total. The number of anilines is 2. The molecule has 0 aliphatic carbocycles. The fourth-order valence-corrected chi connectivity index (χ4v) is 2.42. The number of hydrogen-bond acceptors (Lipinski definition) is 6. The second kappa shape index (κ2) is 5.48. The zero-order valence-electron chi connectivity index (χ0n) is 12.7. The minimum absolute atomic E-state index is 0.449. The Balaban J connectivity index is 2.23. The van der Waals surface area contributed by atoms with Crippen LogP contribution in [0.1, 0.15) is 5.56 Å². The molecule has 112 valence electrons. The third kappa shape index (κ3) is 2.28. The van der Waals surface area contributed by atoms with Crippen molar-refractivity contribution in [1.29, 1.82) is 0 Å². The number of fused-ring (bicyclic) bond motifs is 1. The predicted octanol–water partition coefficient (Wildman–Crippen LogP) is 2.63. The molecule has 3 heterocycles. The van der Waals surface area contributed by atoms with Crippen molar-refractivity contribution in [2.24, 2.45) is 0 Å². The number of nitrogen functional groups attached to an aromatic ring is 1. The van der Waals surface area contributed by atoms with Gasteiger partial charge in [0, 0.05) is 36.0 Å². The number of ether oxygens (including phenoxy) is 1. The van der Waals surface area contributed by atoms with Gasteiger partial charge in [-0.2, -0.15) is 0 Å². The van der Waals surface area contributed by atoms with Gasteiger partial charge in [0.1, 0.15) is 17.4 Å². The molecule has 0 saturated carbocycles. The Morgan fingerprint density at radius 1 is 1.18 bits per heavy atom. The number of aromatic nitrogens is 3. The number of nitrogens with two attached hydrogens (primary N) is 1. The standard InChI is InChI=1S/C16H17N5O/c1-9-11(6-19-8-14(9)22-3)13-4-10-5-15(18-2)20-7-12(10)16(17)21-13/h4-8H,1-3H3,(H2,17,21)(H,18,20). The Hall–Kier alpha value is -2.89.